The number of hydrogen-bond donors (Lipinski definition) is 0. The molecule has 2 heteroatoms. The van der Waals surface area contributed by atoms with Crippen molar-refractivity contribution in [1.29, 1.82) is 0 Å². The minimum absolute atomic E-state index is 0.112. The van der Waals surface area contributed by atoms with Gasteiger partial charge in [0.05, 0.1) is 6.61 Å². The molecule has 0 aromatic rings. The number of alkyl halides is 1. The van der Waals surface area contributed by atoms with E-state index in [1.165, 1.54) is 17.3 Å². The van der Waals surface area contributed by atoms with Crippen LogP contribution in [0, 0.1) is 0 Å². The van der Waals surface area contributed by atoms with Crippen LogP contribution in [-0.4, -0.2) is 11.0 Å². The average molecular weight is 227 g/mol. The molecule has 0 aromatic heterocycles. The Morgan fingerprint density at radius 1 is 1.00 bits per heavy atom. The molecule has 0 bridgehead atoms. The fourth-order valence-electron chi connectivity index (χ4n) is 0.550. The third-order valence-electron chi connectivity index (χ3n) is 1.03. The molecular weight excluding hydrogens is 215 g/mol. The standard InChI is InChI=1S/C6H12IO/c7-5-3-1-2-4-6-8/h1-6H2. The predicted octanol–water partition coefficient (Wildman–Crippen LogP) is 2.41. The van der Waals surface area contributed by atoms with Gasteiger partial charge in [-0.1, -0.05) is 35.4 Å². The molecule has 0 atom stereocenters. The van der Waals surface area contributed by atoms with Crippen LogP contribution >= 0.6 is 22.6 Å². The Hall–Kier alpha value is 0.690. The lowest BCUT2D eigenvalue weighted by Gasteiger charge is -1.91. The Kier molecular flexibility index (Phi) is 8.35. The highest BCUT2D eigenvalue weighted by Crippen LogP contribution is 2.00. The van der Waals surface area contributed by atoms with Crippen LogP contribution in [0.3, 0.4) is 0 Å². The van der Waals surface area contributed by atoms with E-state index in [0.29, 0.717) is 0 Å². The quantitative estimate of drug-likeness (QED) is 0.390. The van der Waals surface area contributed by atoms with Crippen molar-refractivity contribution in [1.82, 2.24) is 0 Å². The van der Waals surface area contributed by atoms with Crippen LogP contribution in [0.4, 0.5) is 0 Å². The maximum atomic E-state index is 9.89. The van der Waals surface area contributed by atoms with Crippen molar-refractivity contribution in [3.8, 4) is 0 Å². The Balaban J connectivity index is 2.53. The lowest BCUT2D eigenvalue weighted by atomic mass is 10.2. The van der Waals surface area contributed by atoms with Gasteiger partial charge in [0.15, 0.2) is 0 Å². The molecule has 0 aliphatic carbocycles. The van der Waals surface area contributed by atoms with E-state index in [0.717, 1.165) is 12.8 Å². The molecule has 0 fully saturated rings. The lowest BCUT2D eigenvalue weighted by Crippen LogP contribution is -1.81. The molecule has 0 saturated heterocycles. The van der Waals surface area contributed by atoms with E-state index >= 15 is 0 Å². The zero-order valence-corrected chi connectivity index (χ0v) is 7.19. The van der Waals surface area contributed by atoms with Gasteiger partial charge in [0.25, 0.3) is 0 Å². The number of unbranched alkanes of at least 4 members (excludes halogenated alkanes) is 3. The van der Waals surface area contributed by atoms with Crippen molar-refractivity contribution in [2.45, 2.75) is 25.7 Å². The number of hydrogen-bond acceptors (Lipinski definition) is 0. The van der Waals surface area contributed by atoms with Crippen molar-refractivity contribution in [2.75, 3.05) is 11.0 Å². The van der Waals surface area contributed by atoms with Crippen LogP contribution in [0.1, 0.15) is 25.7 Å². The summed E-state index contributed by atoms with van der Waals surface area (Å²) in [4.78, 5) is 0. The van der Waals surface area contributed by atoms with Crippen LogP contribution in [0.25, 0.3) is 0 Å². The summed E-state index contributed by atoms with van der Waals surface area (Å²) < 4.78 is 1.23. The minimum atomic E-state index is 0.112. The van der Waals surface area contributed by atoms with E-state index in [2.05, 4.69) is 22.6 Å². The molecule has 0 rings (SSSR count). The molecule has 0 aromatic carbocycles. The van der Waals surface area contributed by atoms with Gasteiger partial charge < -0.3 is 0 Å². The van der Waals surface area contributed by atoms with Gasteiger partial charge in [-0.05, 0) is 17.3 Å². The first-order chi connectivity index (χ1) is 3.91. The first-order valence-electron chi connectivity index (χ1n) is 3.06. The summed E-state index contributed by atoms with van der Waals surface area (Å²) in [5, 5.41) is 9.89. The van der Waals surface area contributed by atoms with E-state index in [9.17, 15) is 5.11 Å². The maximum Gasteiger partial charge on any atom is 0.0822 e. The number of halogens is 1. The van der Waals surface area contributed by atoms with Crippen LogP contribution in [0.15, 0.2) is 0 Å². The van der Waals surface area contributed by atoms with Crippen LogP contribution in [0.2, 0.25) is 0 Å². The first kappa shape index (κ1) is 8.69. The molecule has 0 spiro atoms. The summed E-state index contributed by atoms with van der Waals surface area (Å²) in [5.74, 6) is 0. The Morgan fingerprint density at radius 3 is 2.12 bits per heavy atom. The van der Waals surface area contributed by atoms with Gasteiger partial charge in [0, 0.05) is 0 Å². The third kappa shape index (κ3) is 6.69. The highest BCUT2D eigenvalue weighted by atomic mass is 127. The fraction of sp³-hybridized carbons (Fsp3) is 1.00. The zero-order chi connectivity index (χ0) is 6.24. The van der Waals surface area contributed by atoms with Crippen molar-refractivity contribution in [3.63, 3.8) is 0 Å². The highest BCUT2D eigenvalue weighted by molar-refractivity contribution is 14.1. The monoisotopic (exact) mass is 227 g/mol. The predicted molar refractivity (Wildman–Crippen MR) is 42.9 cm³/mol. The van der Waals surface area contributed by atoms with Crippen LogP contribution < -0.4 is 0 Å². The van der Waals surface area contributed by atoms with Gasteiger partial charge in [-0.25, -0.2) is 5.11 Å². The summed E-state index contributed by atoms with van der Waals surface area (Å²) in [7, 11) is 0. The fourth-order valence-corrected chi connectivity index (χ4v) is 1.09. The van der Waals surface area contributed by atoms with Crippen molar-refractivity contribution in [3.05, 3.63) is 0 Å². The van der Waals surface area contributed by atoms with E-state index in [1.807, 2.05) is 0 Å². The summed E-state index contributed by atoms with van der Waals surface area (Å²) >= 11 is 2.36. The molecule has 8 heavy (non-hydrogen) atoms. The van der Waals surface area contributed by atoms with E-state index in [1.54, 1.807) is 0 Å². The normalized spacial score (nSPS) is 9.75. The van der Waals surface area contributed by atoms with Crippen LogP contribution in [-0.2, 0) is 5.11 Å². The summed E-state index contributed by atoms with van der Waals surface area (Å²) in [6.45, 7) is 0.112. The molecular formula is C6H12IO. The SMILES string of the molecule is [O]CCCCCCI. The van der Waals surface area contributed by atoms with Gasteiger partial charge in [-0.3, -0.25) is 0 Å². The summed E-state index contributed by atoms with van der Waals surface area (Å²) in [6, 6.07) is 0. The lowest BCUT2D eigenvalue weighted by molar-refractivity contribution is 0.186. The molecule has 49 valence electrons. The van der Waals surface area contributed by atoms with Crippen molar-refractivity contribution < 1.29 is 5.11 Å². The molecule has 0 N–H and O–H groups in total. The average Bonchev–Trinajstić information content (AvgIpc) is 1.81. The zero-order valence-electron chi connectivity index (χ0n) is 5.03. The second-order valence-corrected chi connectivity index (χ2v) is 2.89. The molecule has 1 nitrogen and oxygen atoms in total. The van der Waals surface area contributed by atoms with Gasteiger partial charge in [-0.15, -0.1) is 0 Å². The summed E-state index contributed by atoms with van der Waals surface area (Å²) in [6.07, 6.45) is 4.52. The van der Waals surface area contributed by atoms with Crippen molar-refractivity contribution >= 4 is 22.6 Å². The molecule has 0 saturated carbocycles. The molecule has 0 unspecified atom stereocenters. The van der Waals surface area contributed by atoms with Gasteiger partial charge in [-0.2, -0.15) is 0 Å². The Morgan fingerprint density at radius 2 is 1.62 bits per heavy atom. The minimum Gasteiger partial charge on any atom is -0.237 e. The highest BCUT2D eigenvalue weighted by Gasteiger charge is 1.85. The van der Waals surface area contributed by atoms with E-state index in [4.69, 9.17) is 0 Å². The van der Waals surface area contributed by atoms with Gasteiger partial charge >= 0.3 is 0 Å². The van der Waals surface area contributed by atoms with Crippen LogP contribution in [0.5, 0.6) is 0 Å². The molecule has 1 radical (unpaired) electrons. The van der Waals surface area contributed by atoms with Crippen molar-refractivity contribution in [2.24, 2.45) is 0 Å². The maximum absolute atomic E-state index is 9.89. The topological polar surface area (TPSA) is 19.9 Å². The van der Waals surface area contributed by atoms with Gasteiger partial charge in [0.2, 0.25) is 0 Å². The Bertz CT molecular complexity index is 33.5. The smallest absolute Gasteiger partial charge is 0.0822 e. The second kappa shape index (κ2) is 7.69. The Labute approximate surface area is 64.6 Å². The molecule has 0 aliphatic heterocycles. The van der Waals surface area contributed by atoms with Gasteiger partial charge in [0.1, 0.15) is 0 Å². The molecule has 0 aliphatic rings. The molecule has 0 amide bonds. The second-order valence-electron chi connectivity index (χ2n) is 1.81. The van der Waals surface area contributed by atoms with E-state index < -0.39 is 0 Å². The summed E-state index contributed by atoms with van der Waals surface area (Å²) in [5.41, 5.74) is 0. The number of rotatable bonds is 5. The third-order valence-corrected chi connectivity index (χ3v) is 1.79. The van der Waals surface area contributed by atoms with E-state index in [-0.39, 0.29) is 6.61 Å². The first-order valence-corrected chi connectivity index (χ1v) is 4.58. The molecule has 0 heterocycles. The largest absolute Gasteiger partial charge is 0.237 e.